The molecule has 3 nitrogen and oxygen atoms in total. The molecule has 2 aromatic rings. The molecule has 2 aliphatic rings. The highest BCUT2D eigenvalue weighted by molar-refractivity contribution is 9.10. The maximum atomic E-state index is 13.4. The Morgan fingerprint density at radius 2 is 1.75 bits per heavy atom. The Kier molecular flexibility index (Phi) is 3.86. The molecule has 0 amide bonds. The Morgan fingerprint density at radius 1 is 0.958 bits per heavy atom. The smallest absolute Gasteiger partial charge is 0.160 e. The van der Waals surface area contributed by atoms with Crippen molar-refractivity contribution < 1.29 is 4.39 Å². The summed E-state index contributed by atoms with van der Waals surface area (Å²) in [6.07, 6.45) is 3.95. The van der Waals surface area contributed by atoms with Crippen molar-refractivity contribution in [3.05, 3.63) is 82.8 Å². The highest BCUT2D eigenvalue weighted by Gasteiger charge is 2.13. The van der Waals surface area contributed by atoms with Crippen LogP contribution in [0.5, 0.6) is 0 Å². The summed E-state index contributed by atoms with van der Waals surface area (Å²) in [4.78, 5) is 9.02. The SMILES string of the molecule is Fc1cccc(-c2nc3ccn(Cc4ccc(Br)cc4)cc-3n2)c1. The monoisotopic (exact) mass is 381 g/mol. The number of nitrogens with zero attached hydrogens (tertiary/aromatic N) is 3. The third-order valence-corrected chi connectivity index (χ3v) is 4.32. The summed E-state index contributed by atoms with van der Waals surface area (Å²) in [6.45, 7) is 0.755. The summed E-state index contributed by atoms with van der Waals surface area (Å²) in [5.74, 6) is 0.262. The van der Waals surface area contributed by atoms with E-state index >= 15 is 0 Å². The number of hydrogen-bond donors (Lipinski definition) is 0. The molecule has 24 heavy (non-hydrogen) atoms. The van der Waals surface area contributed by atoms with Gasteiger partial charge in [-0.25, -0.2) is 14.4 Å². The van der Waals surface area contributed by atoms with Crippen molar-refractivity contribution in [1.29, 1.82) is 0 Å². The third-order valence-electron chi connectivity index (χ3n) is 3.79. The van der Waals surface area contributed by atoms with Crippen molar-refractivity contribution in [3.8, 4) is 22.8 Å². The number of benzene rings is 2. The van der Waals surface area contributed by atoms with Gasteiger partial charge >= 0.3 is 0 Å². The summed E-state index contributed by atoms with van der Waals surface area (Å²) >= 11 is 3.44. The Hall–Kier alpha value is -2.53. The van der Waals surface area contributed by atoms with Crippen molar-refractivity contribution in [2.75, 3.05) is 0 Å². The molecule has 0 saturated heterocycles. The van der Waals surface area contributed by atoms with E-state index in [1.54, 1.807) is 6.07 Å². The molecule has 0 radical (unpaired) electrons. The van der Waals surface area contributed by atoms with Gasteiger partial charge in [0.1, 0.15) is 11.5 Å². The topological polar surface area (TPSA) is 30.7 Å². The zero-order valence-electron chi connectivity index (χ0n) is 12.7. The number of hydrogen-bond acceptors (Lipinski definition) is 2. The third kappa shape index (κ3) is 3.08. The van der Waals surface area contributed by atoms with Gasteiger partial charge in [-0.2, -0.15) is 0 Å². The van der Waals surface area contributed by atoms with Gasteiger partial charge in [0.15, 0.2) is 5.82 Å². The van der Waals surface area contributed by atoms with Crippen LogP contribution < -0.4 is 0 Å². The summed E-state index contributed by atoms with van der Waals surface area (Å²) in [5, 5.41) is 0. The molecule has 0 unspecified atom stereocenters. The normalized spacial score (nSPS) is 11.1. The molecule has 0 aromatic heterocycles. The van der Waals surface area contributed by atoms with E-state index in [0.29, 0.717) is 11.4 Å². The molecule has 0 saturated carbocycles. The van der Waals surface area contributed by atoms with E-state index in [1.165, 1.54) is 17.7 Å². The van der Waals surface area contributed by atoms with Crippen LogP contribution in [-0.4, -0.2) is 14.5 Å². The van der Waals surface area contributed by atoms with Gasteiger partial charge < -0.3 is 4.57 Å². The highest BCUT2D eigenvalue weighted by Crippen LogP contribution is 2.25. The first-order chi connectivity index (χ1) is 11.7. The largest absolute Gasteiger partial charge is 0.348 e. The van der Waals surface area contributed by atoms with Gasteiger partial charge in [-0.15, -0.1) is 0 Å². The number of imidazole rings is 1. The lowest BCUT2D eigenvalue weighted by atomic mass is 10.2. The maximum Gasteiger partial charge on any atom is 0.160 e. The van der Waals surface area contributed by atoms with Gasteiger partial charge in [-0.1, -0.05) is 40.2 Å². The highest BCUT2D eigenvalue weighted by atomic mass is 79.9. The Morgan fingerprint density at radius 3 is 2.54 bits per heavy atom. The predicted molar refractivity (Wildman–Crippen MR) is 95.3 cm³/mol. The zero-order valence-corrected chi connectivity index (χ0v) is 14.2. The average Bonchev–Trinajstić information content (AvgIpc) is 3.00. The van der Waals surface area contributed by atoms with Gasteiger partial charge in [-0.05, 0) is 35.9 Å². The van der Waals surface area contributed by atoms with Crippen LogP contribution in [0.2, 0.25) is 0 Å². The van der Waals surface area contributed by atoms with Crippen LogP contribution in [0.25, 0.3) is 22.8 Å². The molecule has 5 heteroatoms. The lowest BCUT2D eigenvalue weighted by Gasteiger charge is -2.08. The first-order valence-corrected chi connectivity index (χ1v) is 8.30. The number of rotatable bonds is 3. The fraction of sp³-hybridized carbons (Fsp3) is 0.0526. The van der Waals surface area contributed by atoms with Gasteiger partial charge in [-0.3, -0.25) is 0 Å². The molecular formula is C19H13BrFN3. The number of aromatic nitrogens is 3. The van der Waals surface area contributed by atoms with Crippen molar-refractivity contribution in [2.45, 2.75) is 6.54 Å². The fourth-order valence-corrected chi connectivity index (χ4v) is 2.87. The quantitative estimate of drug-likeness (QED) is 0.499. The number of fused-ring (bicyclic) bond motifs is 1. The molecule has 0 atom stereocenters. The molecule has 118 valence electrons. The Balaban J connectivity index is 1.66. The van der Waals surface area contributed by atoms with Crippen LogP contribution in [0.1, 0.15) is 5.56 Å². The molecular weight excluding hydrogens is 369 g/mol. The van der Waals surface area contributed by atoms with E-state index in [0.717, 1.165) is 22.4 Å². The van der Waals surface area contributed by atoms with Crippen molar-refractivity contribution in [3.63, 3.8) is 0 Å². The van der Waals surface area contributed by atoms with E-state index < -0.39 is 0 Å². The molecule has 2 aliphatic heterocycles. The summed E-state index contributed by atoms with van der Waals surface area (Å²) in [5.41, 5.74) is 3.49. The van der Waals surface area contributed by atoms with E-state index in [9.17, 15) is 4.39 Å². The lowest BCUT2D eigenvalue weighted by molar-refractivity contribution is 0.628. The minimum atomic E-state index is -0.286. The second-order valence-corrected chi connectivity index (χ2v) is 6.49. The second-order valence-electron chi connectivity index (χ2n) is 5.57. The molecule has 2 heterocycles. The van der Waals surface area contributed by atoms with Gasteiger partial charge in [0, 0.05) is 29.0 Å². The second kappa shape index (κ2) is 6.17. The van der Waals surface area contributed by atoms with Crippen LogP contribution in [0.4, 0.5) is 4.39 Å². The lowest BCUT2D eigenvalue weighted by Crippen LogP contribution is -2.00. The van der Waals surface area contributed by atoms with Crippen molar-refractivity contribution in [1.82, 2.24) is 14.5 Å². The molecule has 2 aromatic carbocycles. The predicted octanol–water partition coefficient (Wildman–Crippen LogP) is 5.00. The molecule has 0 N–H and O–H groups in total. The van der Waals surface area contributed by atoms with Crippen LogP contribution in [0.15, 0.2) is 71.5 Å². The minimum absolute atomic E-state index is 0.286. The van der Waals surface area contributed by atoms with E-state index in [2.05, 4.69) is 42.6 Å². The summed E-state index contributed by atoms with van der Waals surface area (Å²) in [6, 6.07) is 16.5. The zero-order chi connectivity index (χ0) is 16.5. The number of pyridine rings is 1. The van der Waals surface area contributed by atoms with Gasteiger partial charge in [0.25, 0.3) is 0 Å². The first-order valence-electron chi connectivity index (χ1n) is 7.51. The summed E-state index contributed by atoms with van der Waals surface area (Å²) in [7, 11) is 0. The van der Waals surface area contributed by atoms with Crippen LogP contribution >= 0.6 is 15.9 Å². The van der Waals surface area contributed by atoms with E-state index in [-0.39, 0.29) is 5.82 Å². The first kappa shape index (κ1) is 15.0. The van der Waals surface area contributed by atoms with E-state index in [1.807, 2.05) is 36.7 Å². The molecule has 0 aliphatic carbocycles. The van der Waals surface area contributed by atoms with Gasteiger partial charge in [0.2, 0.25) is 0 Å². The average molecular weight is 382 g/mol. The Bertz CT molecular complexity index is 963. The summed E-state index contributed by atoms with van der Waals surface area (Å²) < 4.78 is 16.5. The van der Waals surface area contributed by atoms with Crippen LogP contribution in [0.3, 0.4) is 0 Å². The minimum Gasteiger partial charge on any atom is -0.348 e. The van der Waals surface area contributed by atoms with Crippen LogP contribution in [-0.2, 0) is 6.54 Å². The van der Waals surface area contributed by atoms with Crippen molar-refractivity contribution >= 4 is 15.9 Å². The Labute approximate surface area is 147 Å². The number of halogens is 2. The van der Waals surface area contributed by atoms with E-state index in [4.69, 9.17) is 0 Å². The standard InChI is InChI=1S/C19H13BrFN3/c20-15-6-4-13(5-7-15)11-24-9-8-17-18(12-24)23-19(22-17)14-2-1-3-16(21)10-14/h1-10,12H,11H2. The molecule has 4 rings (SSSR count). The molecule has 0 spiro atoms. The molecule has 0 fully saturated rings. The van der Waals surface area contributed by atoms with Gasteiger partial charge in [0.05, 0.1) is 5.69 Å². The molecule has 0 bridgehead atoms. The van der Waals surface area contributed by atoms with Crippen LogP contribution in [0, 0.1) is 5.82 Å². The maximum absolute atomic E-state index is 13.4. The van der Waals surface area contributed by atoms with Crippen molar-refractivity contribution in [2.24, 2.45) is 0 Å². The fourth-order valence-electron chi connectivity index (χ4n) is 2.61.